The lowest BCUT2D eigenvalue weighted by Gasteiger charge is -2.22. The molecule has 1 aromatic rings. The fraction of sp³-hybridized carbons (Fsp3) is 0.667. The molecule has 1 saturated heterocycles. The number of halogens is 1. The van der Waals surface area contributed by atoms with Crippen LogP contribution in [0.2, 0.25) is 0 Å². The summed E-state index contributed by atoms with van der Waals surface area (Å²) in [4.78, 5) is 11.8. The van der Waals surface area contributed by atoms with E-state index in [1.165, 1.54) is 0 Å². The Balaban J connectivity index is 0.00000180. The number of ether oxygens (including phenoxy) is 1. The van der Waals surface area contributed by atoms with Crippen molar-refractivity contribution in [2.45, 2.75) is 18.9 Å². The molecule has 1 aliphatic rings. The average molecular weight is 289 g/mol. The Morgan fingerprint density at radius 1 is 1.68 bits per heavy atom. The maximum atomic E-state index is 11.8. The first kappa shape index (κ1) is 15.9. The van der Waals surface area contributed by atoms with Crippen molar-refractivity contribution in [3.05, 3.63) is 18.0 Å². The third kappa shape index (κ3) is 4.49. The lowest BCUT2D eigenvalue weighted by atomic mass is 10.1. The summed E-state index contributed by atoms with van der Waals surface area (Å²) in [6, 6.07) is 2.12. The van der Waals surface area contributed by atoms with Crippen molar-refractivity contribution in [1.82, 2.24) is 20.4 Å². The van der Waals surface area contributed by atoms with E-state index >= 15 is 0 Å². The van der Waals surface area contributed by atoms with Gasteiger partial charge in [-0.25, -0.2) is 0 Å². The van der Waals surface area contributed by atoms with E-state index < -0.39 is 0 Å². The molecule has 0 radical (unpaired) electrons. The molecule has 1 aromatic heterocycles. The highest BCUT2D eigenvalue weighted by molar-refractivity contribution is 5.92. The second-order valence-corrected chi connectivity index (χ2v) is 4.43. The van der Waals surface area contributed by atoms with Crippen LogP contribution in [0.3, 0.4) is 0 Å². The first-order valence-electron chi connectivity index (χ1n) is 6.34. The van der Waals surface area contributed by atoms with Crippen LogP contribution in [0, 0.1) is 0 Å². The molecule has 1 aliphatic heterocycles. The summed E-state index contributed by atoms with van der Waals surface area (Å²) in [7, 11) is 1.61. The van der Waals surface area contributed by atoms with Gasteiger partial charge in [0, 0.05) is 26.4 Å². The van der Waals surface area contributed by atoms with Crippen LogP contribution in [0.4, 0.5) is 0 Å². The van der Waals surface area contributed by atoms with Gasteiger partial charge in [0.25, 0.3) is 5.91 Å². The van der Waals surface area contributed by atoms with Crippen molar-refractivity contribution in [3.8, 4) is 0 Å². The third-order valence-electron chi connectivity index (χ3n) is 3.08. The largest absolute Gasteiger partial charge is 0.383 e. The molecular formula is C12H21ClN4O2. The van der Waals surface area contributed by atoms with Gasteiger partial charge in [0.15, 0.2) is 0 Å². The van der Waals surface area contributed by atoms with E-state index in [1.54, 1.807) is 13.2 Å². The number of rotatable bonds is 5. The molecular weight excluding hydrogens is 268 g/mol. The number of methoxy groups -OCH3 is 1. The minimum absolute atomic E-state index is 0. The van der Waals surface area contributed by atoms with Crippen LogP contribution in [0.25, 0.3) is 0 Å². The lowest BCUT2D eigenvalue weighted by Crippen LogP contribution is -2.32. The Bertz CT molecular complexity index is 391. The van der Waals surface area contributed by atoms with Crippen molar-refractivity contribution >= 4 is 18.3 Å². The van der Waals surface area contributed by atoms with Gasteiger partial charge in [-0.15, -0.1) is 12.4 Å². The van der Waals surface area contributed by atoms with Crippen molar-refractivity contribution < 1.29 is 9.53 Å². The normalized spacial score (nSPS) is 18.7. The second kappa shape index (κ2) is 8.14. The highest BCUT2D eigenvalue weighted by atomic mass is 35.5. The topological polar surface area (TPSA) is 68.2 Å². The molecule has 0 saturated carbocycles. The predicted molar refractivity (Wildman–Crippen MR) is 74.8 cm³/mol. The number of piperidine rings is 1. The van der Waals surface area contributed by atoms with Gasteiger partial charge in [-0.05, 0) is 25.5 Å². The summed E-state index contributed by atoms with van der Waals surface area (Å²) in [6.07, 6.45) is 4.14. The van der Waals surface area contributed by atoms with Crippen molar-refractivity contribution in [1.29, 1.82) is 0 Å². The quantitative estimate of drug-likeness (QED) is 0.779. The highest BCUT2D eigenvalue weighted by Crippen LogP contribution is 2.15. The number of hydrogen-bond acceptors (Lipinski definition) is 4. The Morgan fingerprint density at radius 3 is 3.21 bits per heavy atom. The number of carbonyl (C=O) groups is 1. The monoisotopic (exact) mass is 288 g/mol. The summed E-state index contributed by atoms with van der Waals surface area (Å²) >= 11 is 0. The number of amides is 1. The van der Waals surface area contributed by atoms with Gasteiger partial charge < -0.3 is 15.4 Å². The Morgan fingerprint density at radius 2 is 2.53 bits per heavy atom. The summed E-state index contributed by atoms with van der Waals surface area (Å²) < 4.78 is 6.77. The molecule has 7 heteroatoms. The molecule has 2 heterocycles. The van der Waals surface area contributed by atoms with E-state index in [4.69, 9.17) is 4.74 Å². The van der Waals surface area contributed by atoms with Crippen LogP contribution < -0.4 is 10.6 Å². The van der Waals surface area contributed by atoms with Crippen LogP contribution in [0.1, 0.15) is 29.4 Å². The third-order valence-corrected chi connectivity index (χ3v) is 3.08. The van der Waals surface area contributed by atoms with Crippen molar-refractivity contribution in [2.24, 2.45) is 0 Å². The van der Waals surface area contributed by atoms with Gasteiger partial charge >= 0.3 is 0 Å². The van der Waals surface area contributed by atoms with E-state index in [-0.39, 0.29) is 18.3 Å². The molecule has 0 bridgehead atoms. The number of nitrogens with zero attached hydrogens (tertiary/aromatic N) is 2. The second-order valence-electron chi connectivity index (χ2n) is 4.43. The fourth-order valence-electron chi connectivity index (χ4n) is 2.08. The number of aromatic nitrogens is 2. The molecule has 0 spiro atoms. The fourth-order valence-corrected chi connectivity index (χ4v) is 2.08. The lowest BCUT2D eigenvalue weighted by molar-refractivity contribution is 0.0930. The van der Waals surface area contributed by atoms with Crippen LogP contribution >= 0.6 is 12.4 Å². The first-order valence-corrected chi connectivity index (χ1v) is 6.34. The van der Waals surface area contributed by atoms with Crippen molar-refractivity contribution in [3.63, 3.8) is 0 Å². The van der Waals surface area contributed by atoms with Gasteiger partial charge in [0.2, 0.25) is 0 Å². The molecule has 2 rings (SSSR count). The van der Waals surface area contributed by atoms with Crippen LogP contribution in [-0.4, -0.2) is 49.0 Å². The smallest absolute Gasteiger partial charge is 0.271 e. The molecule has 108 valence electrons. The Kier molecular flexibility index (Phi) is 6.83. The molecule has 19 heavy (non-hydrogen) atoms. The zero-order valence-electron chi connectivity index (χ0n) is 11.1. The maximum Gasteiger partial charge on any atom is 0.271 e. The van der Waals surface area contributed by atoms with E-state index in [9.17, 15) is 4.79 Å². The van der Waals surface area contributed by atoms with Gasteiger partial charge in [0.05, 0.1) is 12.6 Å². The SMILES string of the molecule is COCCNC(=O)c1ccn(C2CCCNC2)n1.Cl. The van der Waals surface area contributed by atoms with Gasteiger partial charge in [-0.2, -0.15) is 5.10 Å². The highest BCUT2D eigenvalue weighted by Gasteiger charge is 2.17. The summed E-state index contributed by atoms with van der Waals surface area (Å²) in [5.41, 5.74) is 0.469. The molecule has 1 atom stereocenters. The van der Waals surface area contributed by atoms with Crippen LogP contribution in [0.5, 0.6) is 0 Å². The Labute approximate surface area is 119 Å². The van der Waals surface area contributed by atoms with Gasteiger partial charge in [0.1, 0.15) is 5.69 Å². The van der Waals surface area contributed by atoms with Gasteiger partial charge in [-0.3, -0.25) is 9.48 Å². The average Bonchev–Trinajstić information content (AvgIpc) is 2.89. The molecule has 0 aromatic carbocycles. The van der Waals surface area contributed by atoms with E-state index in [1.807, 2.05) is 10.9 Å². The summed E-state index contributed by atoms with van der Waals surface area (Å²) in [6.45, 7) is 3.01. The standard InChI is InChI=1S/C12H20N4O2.ClH/c1-18-8-6-14-12(17)11-4-7-16(15-11)10-3-2-5-13-9-10;/h4,7,10,13H,2-3,5-6,8-9H2,1H3,(H,14,17);1H. The Hall–Kier alpha value is -1.11. The van der Waals surface area contributed by atoms with Crippen LogP contribution in [0.15, 0.2) is 12.3 Å². The van der Waals surface area contributed by atoms with E-state index in [0.29, 0.717) is 24.9 Å². The van der Waals surface area contributed by atoms with E-state index in [2.05, 4.69) is 15.7 Å². The summed E-state index contributed by atoms with van der Waals surface area (Å²) in [5.74, 6) is -0.144. The molecule has 6 nitrogen and oxygen atoms in total. The molecule has 1 fully saturated rings. The minimum atomic E-state index is -0.144. The maximum absolute atomic E-state index is 11.8. The first-order chi connectivity index (χ1) is 8.81. The van der Waals surface area contributed by atoms with Crippen molar-refractivity contribution in [2.75, 3.05) is 33.4 Å². The molecule has 0 aliphatic carbocycles. The molecule has 2 N–H and O–H groups in total. The predicted octanol–water partition coefficient (Wildman–Crippen LogP) is 0.606. The minimum Gasteiger partial charge on any atom is -0.383 e. The van der Waals surface area contributed by atoms with E-state index in [0.717, 1.165) is 25.9 Å². The molecule has 1 amide bonds. The zero-order chi connectivity index (χ0) is 12.8. The summed E-state index contributed by atoms with van der Waals surface area (Å²) in [5, 5.41) is 10.4. The number of carbonyl (C=O) groups excluding carboxylic acids is 1. The van der Waals surface area contributed by atoms with Crippen LogP contribution in [-0.2, 0) is 4.74 Å². The van der Waals surface area contributed by atoms with Gasteiger partial charge in [-0.1, -0.05) is 0 Å². The number of nitrogens with one attached hydrogen (secondary N) is 2. The number of hydrogen-bond donors (Lipinski definition) is 2. The zero-order valence-corrected chi connectivity index (χ0v) is 11.9. The molecule has 1 unspecified atom stereocenters.